The SMILES string of the molecule is Cn1ncc2c1-c1ccccc1OC21CCN(C(=O)c2ccc(Oc3ccccc3)nc2)CC1. The zero-order valence-corrected chi connectivity index (χ0v) is 18.8. The lowest BCUT2D eigenvalue weighted by atomic mass is 9.81. The van der Waals surface area contributed by atoms with Crippen molar-refractivity contribution in [3.05, 3.63) is 90.3 Å². The Labute approximate surface area is 197 Å². The van der Waals surface area contributed by atoms with Crippen LogP contribution in [0.3, 0.4) is 0 Å². The molecule has 7 heteroatoms. The first-order chi connectivity index (χ1) is 16.6. The number of pyridine rings is 1. The molecule has 2 aromatic heterocycles. The lowest BCUT2D eigenvalue weighted by Crippen LogP contribution is -2.49. The second-order valence-electron chi connectivity index (χ2n) is 8.72. The molecular formula is C27H24N4O3. The molecule has 1 fully saturated rings. The van der Waals surface area contributed by atoms with Crippen LogP contribution in [-0.4, -0.2) is 38.7 Å². The van der Waals surface area contributed by atoms with E-state index in [0.29, 0.717) is 43.1 Å². The first-order valence-electron chi connectivity index (χ1n) is 11.4. The largest absolute Gasteiger partial charge is 0.482 e. The van der Waals surface area contributed by atoms with E-state index in [9.17, 15) is 4.79 Å². The molecule has 2 aliphatic rings. The number of benzene rings is 2. The highest BCUT2D eigenvalue weighted by Crippen LogP contribution is 2.49. The third kappa shape index (κ3) is 3.41. The summed E-state index contributed by atoms with van der Waals surface area (Å²) in [6, 6.07) is 21.0. The van der Waals surface area contributed by atoms with Crippen molar-refractivity contribution in [2.24, 2.45) is 7.05 Å². The number of hydrogen-bond donors (Lipinski definition) is 0. The minimum atomic E-state index is -0.472. The molecule has 6 rings (SSSR count). The van der Waals surface area contributed by atoms with Gasteiger partial charge in [-0.1, -0.05) is 30.3 Å². The minimum absolute atomic E-state index is 0.0313. The van der Waals surface area contributed by atoms with Crippen LogP contribution >= 0.6 is 0 Å². The number of ether oxygens (including phenoxy) is 2. The van der Waals surface area contributed by atoms with Gasteiger partial charge in [0, 0.05) is 56.4 Å². The van der Waals surface area contributed by atoms with Crippen molar-refractivity contribution >= 4 is 5.91 Å². The van der Waals surface area contributed by atoms with Crippen molar-refractivity contribution < 1.29 is 14.3 Å². The second kappa shape index (κ2) is 8.02. The predicted molar refractivity (Wildman–Crippen MR) is 127 cm³/mol. The molecule has 0 aliphatic carbocycles. The first-order valence-corrected chi connectivity index (χ1v) is 11.4. The highest BCUT2D eigenvalue weighted by Gasteiger charge is 2.45. The molecule has 0 bridgehead atoms. The van der Waals surface area contributed by atoms with Gasteiger partial charge in [0.2, 0.25) is 5.88 Å². The molecule has 34 heavy (non-hydrogen) atoms. The maximum Gasteiger partial charge on any atom is 0.255 e. The molecule has 0 saturated carbocycles. The Morgan fingerprint density at radius 3 is 2.50 bits per heavy atom. The number of rotatable bonds is 3. The van der Waals surface area contributed by atoms with Gasteiger partial charge in [0.25, 0.3) is 5.91 Å². The molecule has 2 aromatic carbocycles. The van der Waals surface area contributed by atoms with Gasteiger partial charge in [0.15, 0.2) is 0 Å². The molecule has 0 unspecified atom stereocenters. The van der Waals surface area contributed by atoms with Crippen LogP contribution in [0.4, 0.5) is 0 Å². The number of aryl methyl sites for hydroxylation is 1. The fraction of sp³-hybridized carbons (Fsp3) is 0.222. The van der Waals surface area contributed by atoms with Gasteiger partial charge in [0.1, 0.15) is 17.1 Å². The number of carbonyl (C=O) groups is 1. The van der Waals surface area contributed by atoms with Crippen LogP contribution < -0.4 is 9.47 Å². The van der Waals surface area contributed by atoms with E-state index in [1.54, 1.807) is 18.3 Å². The average molecular weight is 453 g/mol. The van der Waals surface area contributed by atoms with E-state index in [0.717, 1.165) is 22.6 Å². The number of amides is 1. The summed E-state index contributed by atoms with van der Waals surface area (Å²) in [5.74, 6) is 2.01. The van der Waals surface area contributed by atoms with E-state index in [-0.39, 0.29) is 5.91 Å². The van der Waals surface area contributed by atoms with Crippen molar-refractivity contribution in [2.75, 3.05) is 13.1 Å². The van der Waals surface area contributed by atoms with Crippen LogP contribution in [0.2, 0.25) is 0 Å². The van der Waals surface area contributed by atoms with Crippen molar-refractivity contribution in [3.63, 3.8) is 0 Å². The summed E-state index contributed by atoms with van der Waals surface area (Å²) in [5, 5.41) is 4.52. The van der Waals surface area contributed by atoms with Gasteiger partial charge >= 0.3 is 0 Å². The molecule has 2 aliphatic heterocycles. The van der Waals surface area contributed by atoms with Gasteiger partial charge in [-0.05, 0) is 30.3 Å². The maximum atomic E-state index is 13.2. The van der Waals surface area contributed by atoms with Gasteiger partial charge in [-0.2, -0.15) is 5.10 Å². The zero-order valence-electron chi connectivity index (χ0n) is 18.8. The third-order valence-corrected chi connectivity index (χ3v) is 6.68. The second-order valence-corrected chi connectivity index (χ2v) is 8.72. The monoisotopic (exact) mass is 452 g/mol. The summed E-state index contributed by atoms with van der Waals surface area (Å²) >= 11 is 0. The summed E-state index contributed by atoms with van der Waals surface area (Å²) in [7, 11) is 1.96. The first kappa shape index (κ1) is 20.5. The molecule has 0 radical (unpaired) electrons. The molecule has 0 N–H and O–H groups in total. The number of likely N-dealkylation sites (tertiary alicyclic amines) is 1. The van der Waals surface area contributed by atoms with E-state index in [4.69, 9.17) is 9.47 Å². The Balaban J connectivity index is 1.18. The van der Waals surface area contributed by atoms with Crippen LogP contribution in [0.1, 0.15) is 28.8 Å². The topological polar surface area (TPSA) is 69.5 Å². The number of fused-ring (bicyclic) bond motifs is 4. The summed E-state index contributed by atoms with van der Waals surface area (Å²) < 4.78 is 14.2. The minimum Gasteiger partial charge on any atom is -0.482 e. The van der Waals surface area contributed by atoms with Gasteiger partial charge in [-0.25, -0.2) is 4.98 Å². The molecule has 1 saturated heterocycles. The van der Waals surface area contributed by atoms with Crippen LogP contribution in [0.25, 0.3) is 11.3 Å². The van der Waals surface area contributed by atoms with Crippen LogP contribution in [0.5, 0.6) is 17.4 Å². The molecule has 4 aromatic rings. The fourth-order valence-corrected chi connectivity index (χ4v) is 4.91. The van der Waals surface area contributed by atoms with E-state index in [2.05, 4.69) is 16.1 Å². The molecule has 170 valence electrons. The van der Waals surface area contributed by atoms with E-state index < -0.39 is 5.60 Å². The van der Waals surface area contributed by atoms with E-state index in [1.165, 1.54) is 0 Å². The Morgan fingerprint density at radius 1 is 0.971 bits per heavy atom. The molecule has 4 heterocycles. The summed E-state index contributed by atoms with van der Waals surface area (Å²) in [6.45, 7) is 1.19. The van der Waals surface area contributed by atoms with Gasteiger partial charge in [-0.15, -0.1) is 0 Å². The van der Waals surface area contributed by atoms with Crippen molar-refractivity contribution in [3.8, 4) is 28.6 Å². The van der Waals surface area contributed by atoms with Crippen molar-refractivity contribution in [1.29, 1.82) is 0 Å². The molecule has 1 amide bonds. The Morgan fingerprint density at radius 2 is 1.74 bits per heavy atom. The van der Waals surface area contributed by atoms with E-state index >= 15 is 0 Å². The van der Waals surface area contributed by atoms with Crippen molar-refractivity contribution in [2.45, 2.75) is 18.4 Å². The lowest BCUT2D eigenvalue weighted by Gasteiger charge is -2.44. The Bertz CT molecular complexity index is 1340. The average Bonchev–Trinajstić information content (AvgIpc) is 3.28. The van der Waals surface area contributed by atoms with Crippen LogP contribution in [0.15, 0.2) is 79.1 Å². The summed E-state index contributed by atoms with van der Waals surface area (Å²) in [6.07, 6.45) is 4.90. The Kier molecular flexibility index (Phi) is 4.83. The van der Waals surface area contributed by atoms with Gasteiger partial charge in [-0.3, -0.25) is 9.48 Å². The van der Waals surface area contributed by atoms with Crippen LogP contribution in [0, 0.1) is 0 Å². The number of hydrogen-bond acceptors (Lipinski definition) is 5. The molecule has 7 nitrogen and oxygen atoms in total. The standard InChI is InChI=1S/C27H24N4O3/c1-30-25-21-9-5-6-10-23(21)34-27(22(25)18-29-30)13-15-31(16-14-27)26(32)19-11-12-24(28-17-19)33-20-7-3-2-4-8-20/h2-12,17-18H,13-16H2,1H3. The van der Waals surface area contributed by atoms with Crippen molar-refractivity contribution in [1.82, 2.24) is 19.7 Å². The molecular weight excluding hydrogens is 428 g/mol. The summed E-state index contributed by atoms with van der Waals surface area (Å²) in [5.41, 5.74) is 3.34. The zero-order chi connectivity index (χ0) is 23.1. The molecule has 1 spiro atoms. The maximum absolute atomic E-state index is 13.2. The van der Waals surface area contributed by atoms with Gasteiger partial charge < -0.3 is 14.4 Å². The Hall–Kier alpha value is -4.13. The number of nitrogens with zero attached hydrogens (tertiary/aromatic N) is 4. The smallest absolute Gasteiger partial charge is 0.255 e. The lowest BCUT2D eigenvalue weighted by molar-refractivity contribution is -0.00173. The number of carbonyl (C=O) groups excluding carboxylic acids is 1. The fourth-order valence-electron chi connectivity index (χ4n) is 4.91. The predicted octanol–water partition coefficient (Wildman–Crippen LogP) is 4.80. The van der Waals surface area contributed by atoms with Crippen LogP contribution in [-0.2, 0) is 12.6 Å². The molecule has 0 atom stereocenters. The van der Waals surface area contributed by atoms with Gasteiger partial charge in [0.05, 0.1) is 17.5 Å². The highest BCUT2D eigenvalue weighted by molar-refractivity contribution is 5.94. The van der Waals surface area contributed by atoms with E-state index in [1.807, 2.05) is 71.4 Å². The third-order valence-electron chi connectivity index (χ3n) is 6.68. The highest BCUT2D eigenvalue weighted by atomic mass is 16.5. The number of para-hydroxylation sites is 2. The number of piperidine rings is 1. The normalized spacial score (nSPS) is 15.9. The number of aromatic nitrogens is 3. The quantitative estimate of drug-likeness (QED) is 0.447. The summed E-state index contributed by atoms with van der Waals surface area (Å²) in [4.78, 5) is 19.4.